The second-order valence-corrected chi connectivity index (χ2v) is 7.16. The Balaban J connectivity index is 1.77. The van der Waals surface area contributed by atoms with Crippen LogP contribution in [0.3, 0.4) is 0 Å². The Morgan fingerprint density at radius 2 is 1.53 bits per heavy atom. The van der Waals surface area contributed by atoms with Crippen molar-refractivity contribution >= 4 is 11.9 Å². The zero-order valence-electron chi connectivity index (χ0n) is 19.5. The molecule has 0 N–H and O–H groups in total. The summed E-state index contributed by atoms with van der Waals surface area (Å²) in [6.45, 7) is -0.0599. The molecule has 9 nitrogen and oxygen atoms in total. The van der Waals surface area contributed by atoms with Gasteiger partial charge in [-0.25, -0.2) is 0 Å². The number of hydrogen-bond acceptors (Lipinski definition) is 8. The molecule has 0 saturated heterocycles. The second kappa shape index (κ2) is 11.6. The first-order chi connectivity index (χ1) is 16.5. The van der Waals surface area contributed by atoms with E-state index >= 15 is 0 Å². The average molecular weight is 469 g/mol. The second-order valence-electron chi connectivity index (χ2n) is 7.16. The van der Waals surface area contributed by atoms with Crippen LogP contribution in [0, 0.1) is 0 Å². The van der Waals surface area contributed by atoms with Gasteiger partial charge in [-0.05, 0) is 42.0 Å². The van der Waals surface area contributed by atoms with Crippen molar-refractivity contribution < 1.29 is 37.7 Å². The van der Waals surface area contributed by atoms with Crippen molar-refractivity contribution in [3.05, 3.63) is 71.7 Å². The van der Waals surface area contributed by atoms with E-state index in [1.165, 1.54) is 26.2 Å². The molecule has 180 valence electrons. The van der Waals surface area contributed by atoms with Crippen LogP contribution in [0.25, 0.3) is 0 Å². The van der Waals surface area contributed by atoms with Gasteiger partial charge in [-0.1, -0.05) is 12.1 Å². The molecule has 3 aromatic rings. The van der Waals surface area contributed by atoms with Gasteiger partial charge in [-0.2, -0.15) is 0 Å². The van der Waals surface area contributed by atoms with Crippen LogP contribution in [0.5, 0.6) is 23.0 Å². The van der Waals surface area contributed by atoms with E-state index in [2.05, 4.69) is 0 Å². The Labute approximate surface area is 197 Å². The first-order valence-corrected chi connectivity index (χ1v) is 10.4. The molecule has 0 radical (unpaired) electrons. The normalized spacial score (nSPS) is 10.4. The number of hydrogen-bond donors (Lipinski definition) is 0. The smallest absolute Gasteiger partial charge is 0.325 e. The van der Waals surface area contributed by atoms with Gasteiger partial charge in [-0.15, -0.1) is 0 Å². The van der Waals surface area contributed by atoms with E-state index in [0.717, 1.165) is 0 Å². The van der Waals surface area contributed by atoms with Crippen LogP contribution in [0.4, 0.5) is 0 Å². The van der Waals surface area contributed by atoms with Gasteiger partial charge in [0.1, 0.15) is 30.4 Å². The summed E-state index contributed by atoms with van der Waals surface area (Å²) in [5.41, 5.74) is 0.708. The average Bonchev–Trinajstić information content (AvgIpc) is 3.35. The fourth-order valence-corrected chi connectivity index (χ4v) is 3.21. The number of methoxy groups -OCH3 is 4. The molecule has 1 amide bonds. The molecule has 3 rings (SSSR count). The third-order valence-corrected chi connectivity index (χ3v) is 4.93. The van der Waals surface area contributed by atoms with E-state index in [9.17, 15) is 9.59 Å². The maximum absolute atomic E-state index is 13.2. The van der Waals surface area contributed by atoms with Crippen molar-refractivity contribution in [2.24, 2.45) is 0 Å². The highest BCUT2D eigenvalue weighted by Crippen LogP contribution is 2.27. The molecular formula is C25H27NO8. The predicted molar refractivity (Wildman–Crippen MR) is 122 cm³/mol. The van der Waals surface area contributed by atoms with E-state index in [1.54, 1.807) is 49.6 Å². The highest BCUT2D eigenvalue weighted by atomic mass is 16.5. The van der Waals surface area contributed by atoms with Gasteiger partial charge in [0.05, 0.1) is 28.4 Å². The van der Waals surface area contributed by atoms with E-state index in [-0.39, 0.29) is 25.5 Å². The minimum Gasteiger partial charge on any atom is -0.497 e. The number of rotatable bonds is 11. The molecule has 0 aliphatic rings. The molecular weight excluding hydrogens is 442 g/mol. The van der Waals surface area contributed by atoms with Gasteiger partial charge in [0, 0.05) is 12.6 Å². The minimum absolute atomic E-state index is 0.0670. The highest BCUT2D eigenvalue weighted by Gasteiger charge is 2.23. The minimum atomic E-state index is -0.561. The Kier molecular flexibility index (Phi) is 8.39. The van der Waals surface area contributed by atoms with Crippen molar-refractivity contribution in [1.29, 1.82) is 0 Å². The maximum atomic E-state index is 13.2. The Morgan fingerprint density at radius 1 is 0.853 bits per heavy atom. The topological polar surface area (TPSA) is 96.7 Å². The fraction of sp³-hybridized carbons (Fsp3) is 0.280. The quantitative estimate of drug-likeness (QED) is 0.392. The summed E-state index contributed by atoms with van der Waals surface area (Å²) < 4.78 is 32.1. The van der Waals surface area contributed by atoms with Crippen LogP contribution < -0.4 is 18.9 Å². The lowest BCUT2D eigenvalue weighted by atomic mass is 10.1. The van der Waals surface area contributed by atoms with Gasteiger partial charge < -0.3 is 33.0 Å². The molecule has 0 saturated carbocycles. The summed E-state index contributed by atoms with van der Waals surface area (Å²) in [5, 5.41) is 0. The third-order valence-electron chi connectivity index (χ3n) is 4.93. The summed E-state index contributed by atoms with van der Waals surface area (Å²) in [4.78, 5) is 26.5. The van der Waals surface area contributed by atoms with Gasteiger partial charge in [0.2, 0.25) is 0 Å². The van der Waals surface area contributed by atoms with E-state index in [1.807, 2.05) is 12.1 Å². The highest BCUT2D eigenvalue weighted by molar-refractivity contribution is 5.93. The predicted octanol–water partition coefficient (Wildman–Crippen LogP) is 3.70. The summed E-state index contributed by atoms with van der Waals surface area (Å²) in [5.74, 6) is 1.73. The largest absolute Gasteiger partial charge is 0.497 e. The number of benzene rings is 2. The van der Waals surface area contributed by atoms with E-state index < -0.39 is 11.9 Å². The molecule has 1 heterocycles. The van der Waals surface area contributed by atoms with E-state index in [4.69, 9.17) is 28.1 Å². The van der Waals surface area contributed by atoms with Crippen molar-refractivity contribution in [2.45, 2.75) is 13.2 Å². The Morgan fingerprint density at radius 3 is 2.15 bits per heavy atom. The third kappa shape index (κ3) is 6.22. The number of ether oxygens (including phenoxy) is 5. The zero-order chi connectivity index (χ0) is 24.5. The lowest BCUT2D eigenvalue weighted by molar-refractivity contribution is -0.141. The first-order valence-electron chi connectivity index (χ1n) is 10.4. The monoisotopic (exact) mass is 469 g/mol. The molecule has 0 fully saturated rings. The molecule has 0 unspecified atom stereocenters. The molecule has 9 heteroatoms. The summed E-state index contributed by atoms with van der Waals surface area (Å²) in [6.07, 6.45) is 0. The number of carbonyl (C=O) groups is 2. The van der Waals surface area contributed by atoms with Crippen LogP contribution in [0.1, 0.15) is 21.9 Å². The van der Waals surface area contributed by atoms with Crippen molar-refractivity contribution in [2.75, 3.05) is 35.0 Å². The lowest BCUT2D eigenvalue weighted by Gasteiger charge is -2.21. The first kappa shape index (κ1) is 24.5. The van der Waals surface area contributed by atoms with Crippen LogP contribution in [0.15, 0.2) is 59.0 Å². The molecule has 0 atom stereocenters. The fourth-order valence-electron chi connectivity index (χ4n) is 3.21. The maximum Gasteiger partial charge on any atom is 0.325 e. The van der Waals surface area contributed by atoms with Crippen LogP contribution in [0.2, 0.25) is 0 Å². The number of esters is 1. The van der Waals surface area contributed by atoms with Gasteiger partial charge in [0.25, 0.3) is 5.91 Å². The molecule has 0 aliphatic heterocycles. The number of para-hydroxylation sites is 2. The number of carbonyl (C=O) groups excluding carboxylic acids is 2. The van der Waals surface area contributed by atoms with Crippen molar-refractivity contribution in [3.63, 3.8) is 0 Å². The van der Waals surface area contributed by atoms with Crippen LogP contribution in [-0.2, 0) is 22.7 Å². The van der Waals surface area contributed by atoms with Crippen molar-refractivity contribution in [1.82, 2.24) is 4.90 Å². The molecule has 1 aromatic heterocycles. The van der Waals surface area contributed by atoms with Crippen LogP contribution in [-0.4, -0.2) is 51.8 Å². The number of furan rings is 1. The SMILES string of the molecule is COC(=O)CN(Cc1cc(OC)cc(OC)c1)C(=O)c1ccc(COc2ccccc2OC)o1. The number of amides is 1. The van der Waals surface area contributed by atoms with Gasteiger partial charge in [0.15, 0.2) is 17.3 Å². The summed E-state index contributed by atoms with van der Waals surface area (Å²) >= 11 is 0. The van der Waals surface area contributed by atoms with Gasteiger partial charge >= 0.3 is 5.97 Å². The Bertz CT molecular complexity index is 1100. The van der Waals surface area contributed by atoms with Gasteiger partial charge in [-0.3, -0.25) is 9.59 Å². The molecule has 34 heavy (non-hydrogen) atoms. The lowest BCUT2D eigenvalue weighted by Crippen LogP contribution is -2.35. The Hall–Kier alpha value is -4.14. The van der Waals surface area contributed by atoms with Crippen molar-refractivity contribution in [3.8, 4) is 23.0 Å². The zero-order valence-corrected chi connectivity index (χ0v) is 19.5. The van der Waals surface area contributed by atoms with E-state index in [0.29, 0.717) is 34.3 Å². The number of nitrogens with zero attached hydrogens (tertiary/aromatic N) is 1. The molecule has 0 aliphatic carbocycles. The standard InChI is InChI=1S/C25H27NO8/c1-29-19-11-17(12-20(13-19)30-2)14-26(15-24(27)32-4)25(28)23-10-9-18(34-23)16-33-22-8-6-5-7-21(22)31-3/h5-13H,14-16H2,1-4H3. The molecule has 0 bridgehead atoms. The summed E-state index contributed by atoms with van der Waals surface area (Å²) in [6, 6.07) is 15.6. The molecule has 0 spiro atoms. The molecule has 2 aromatic carbocycles. The van der Waals surface area contributed by atoms with Crippen LogP contribution >= 0.6 is 0 Å². The summed E-state index contributed by atoms with van der Waals surface area (Å²) in [7, 11) is 5.89.